The van der Waals surface area contributed by atoms with Crippen LogP contribution in [-0.2, 0) is 19.6 Å². The molecule has 1 saturated heterocycles. The molecule has 1 atom stereocenters. The van der Waals surface area contributed by atoms with E-state index in [4.69, 9.17) is 0 Å². The summed E-state index contributed by atoms with van der Waals surface area (Å²) in [5.74, 6) is 0.297. The maximum atomic E-state index is 12.6. The zero-order valence-corrected chi connectivity index (χ0v) is 9.01. The number of alkyl halides is 3. The predicted octanol–water partition coefficient (Wildman–Crippen LogP) is 1.59. The molecule has 3 nitrogen and oxygen atoms in total. The average molecular weight is 233 g/mol. The predicted molar refractivity (Wildman–Crippen MR) is 52.9 cm³/mol. The standard InChI is InChI=1S/C10H14F3N3/c1-16-6-8(4-7-2-3-14-5-7)9(15-16)10(11,12)13/h6-7,14H,2-5H2,1H3. The highest BCUT2D eigenvalue weighted by Gasteiger charge is 2.37. The Balaban J connectivity index is 2.19. The van der Waals surface area contributed by atoms with Crippen molar-refractivity contribution < 1.29 is 13.2 Å². The van der Waals surface area contributed by atoms with Gasteiger partial charge in [0.25, 0.3) is 0 Å². The van der Waals surface area contributed by atoms with Crippen LogP contribution >= 0.6 is 0 Å². The SMILES string of the molecule is Cn1cc(CC2CCNC2)c(C(F)(F)F)n1. The molecular formula is C10H14F3N3. The Kier molecular flexibility index (Phi) is 2.92. The second kappa shape index (κ2) is 4.08. The minimum atomic E-state index is -4.34. The number of nitrogens with one attached hydrogen (secondary N) is 1. The van der Waals surface area contributed by atoms with Gasteiger partial charge >= 0.3 is 6.18 Å². The van der Waals surface area contributed by atoms with E-state index in [1.165, 1.54) is 17.9 Å². The smallest absolute Gasteiger partial charge is 0.316 e. The van der Waals surface area contributed by atoms with Gasteiger partial charge in [-0.1, -0.05) is 0 Å². The van der Waals surface area contributed by atoms with E-state index in [1.54, 1.807) is 0 Å². The Morgan fingerprint density at radius 3 is 2.88 bits per heavy atom. The molecule has 1 aliphatic heterocycles. The summed E-state index contributed by atoms with van der Waals surface area (Å²) >= 11 is 0. The summed E-state index contributed by atoms with van der Waals surface area (Å²) in [5.41, 5.74) is -0.425. The molecule has 0 spiro atoms. The topological polar surface area (TPSA) is 29.9 Å². The summed E-state index contributed by atoms with van der Waals surface area (Å²) < 4.78 is 39.2. The van der Waals surface area contributed by atoms with Crippen LogP contribution < -0.4 is 5.32 Å². The molecule has 1 aromatic rings. The van der Waals surface area contributed by atoms with Gasteiger partial charge in [-0.3, -0.25) is 4.68 Å². The largest absolute Gasteiger partial charge is 0.435 e. The lowest BCUT2D eigenvalue weighted by atomic mass is 9.99. The molecule has 90 valence electrons. The molecule has 6 heteroatoms. The lowest BCUT2D eigenvalue weighted by Gasteiger charge is -2.09. The molecule has 0 saturated carbocycles. The van der Waals surface area contributed by atoms with Crippen LogP contribution in [0.25, 0.3) is 0 Å². The van der Waals surface area contributed by atoms with Crippen LogP contribution in [0.3, 0.4) is 0 Å². The van der Waals surface area contributed by atoms with Crippen LogP contribution in [0, 0.1) is 5.92 Å². The zero-order valence-electron chi connectivity index (χ0n) is 9.01. The van der Waals surface area contributed by atoms with Gasteiger partial charge < -0.3 is 5.32 Å². The van der Waals surface area contributed by atoms with Crippen molar-refractivity contribution in [1.29, 1.82) is 0 Å². The first-order valence-corrected chi connectivity index (χ1v) is 5.27. The number of rotatable bonds is 2. The van der Waals surface area contributed by atoms with Crippen molar-refractivity contribution in [3.63, 3.8) is 0 Å². The molecular weight excluding hydrogens is 219 g/mol. The molecule has 1 fully saturated rings. The fourth-order valence-corrected chi connectivity index (χ4v) is 2.13. The van der Waals surface area contributed by atoms with Crippen molar-refractivity contribution in [2.45, 2.75) is 19.0 Å². The Morgan fingerprint density at radius 2 is 2.31 bits per heavy atom. The van der Waals surface area contributed by atoms with E-state index in [0.717, 1.165) is 19.5 Å². The van der Waals surface area contributed by atoms with E-state index in [1.807, 2.05) is 0 Å². The first kappa shape index (κ1) is 11.4. The molecule has 1 unspecified atom stereocenters. The first-order valence-electron chi connectivity index (χ1n) is 5.27. The van der Waals surface area contributed by atoms with Gasteiger partial charge in [0.05, 0.1) is 0 Å². The van der Waals surface area contributed by atoms with Crippen molar-refractivity contribution in [1.82, 2.24) is 15.1 Å². The van der Waals surface area contributed by atoms with Crippen molar-refractivity contribution in [2.75, 3.05) is 13.1 Å². The third-order valence-electron chi connectivity index (χ3n) is 2.84. The van der Waals surface area contributed by atoms with Crippen LogP contribution in [0.2, 0.25) is 0 Å². The Bertz CT molecular complexity index is 364. The van der Waals surface area contributed by atoms with Crippen LogP contribution in [0.5, 0.6) is 0 Å². The molecule has 1 N–H and O–H groups in total. The normalized spacial score (nSPS) is 21.6. The number of hydrogen-bond donors (Lipinski definition) is 1. The number of hydrogen-bond acceptors (Lipinski definition) is 2. The molecule has 0 radical (unpaired) electrons. The van der Waals surface area contributed by atoms with Gasteiger partial charge in [-0.05, 0) is 31.8 Å². The average Bonchev–Trinajstić information content (AvgIpc) is 2.74. The quantitative estimate of drug-likeness (QED) is 0.840. The van der Waals surface area contributed by atoms with E-state index in [9.17, 15) is 13.2 Å². The summed E-state index contributed by atoms with van der Waals surface area (Å²) in [6.45, 7) is 1.69. The minimum Gasteiger partial charge on any atom is -0.316 e. The highest BCUT2D eigenvalue weighted by atomic mass is 19.4. The van der Waals surface area contributed by atoms with Crippen LogP contribution in [0.15, 0.2) is 6.20 Å². The number of halogens is 3. The lowest BCUT2D eigenvalue weighted by Crippen LogP contribution is -2.14. The van der Waals surface area contributed by atoms with E-state index in [-0.39, 0.29) is 0 Å². The monoisotopic (exact) mass is 233 g/mol. The molecule has 1 aromatic heterocycles. The Hall–Kier alpha value is -1.04. The second-order valence-electron chi connectivity index (χ2n) is 4.24. The molecule has 1 aliphatic rings. The van der Waals surface area contributed by atoms with Crippen molar-refractivity contribution in [2.24, 2.45) is 13.0 Å². The third kappa shape index (κ3) is 2.37. The lowest BCUT2D eigenvalue weighted by molar-refractivity contribution is -0.142. The van der Waals surface area contributed by atoms with Gasteiger partial charge in [-0.25, -0.2) is 0 Å². The van der Waals surface area contributed by atoms with Crippen molar-refractivity contribution >= 4 is 0 Å². The summed E-state index contributed by atoms with van der Waals surface area (Å²) in [6.07, 6.45) is -1.48. The van der Waals surface area contributed by atoms with E-state index in [0.29, 0.717) is 17.9 Å². The summed E-state index contributed by atoms with van der Waals surface area (Å²) in [5, 5.41) is 6.64. The van der Waals surface area contributed by atoms with Crippen molar-refractivity contribution in [3.8, 4) is 0 Å². The third-order valence-corrected chi connectivity index (χ3v) is 2.84. The number of nitrogens with zero attached hydrogens (tertiary/aromatic N) is 2. The van der Waals surface area contributed by atoms with Gasteiger partial charge in [-0.2, -0.15) is 18.3 Å². The number of aromatic nitrogens is 2. The van der Waals surface area contributed by atoms with Crippen LogP contribution in [0.1, 0.15) is 17.7 Å². The Morgan fingerprint density at radius 1 is 1.56 bits per heavy atom. The van der Waals surface area contributed by atoms with Gasteiger partial charge in [0.15, 0.2) is 5.69 Å². The van der Waals surface area contributed by atoms with Crippen LogP contribution in [0.4, 0.5) is 13.2 Å². The second-order valence-corrected chi connectivity index (χ2v) is 4.24. The molecule has 0 bridgehead atoms. The molecule has 16 heavy (non-hydrogen) atoms. The molecule has 2 rings (SSSR count). The maximum Gasteiger partial charge on any atom is 0.435 e. The molecule has 0 amide bonds. The van der Waals surface area contributed by atoms with E-state index >= 15 is 0 Å². The van der Waals surface area contributed by atoms with Crippen molar-refractivity contribution in [3.05, 3.63) is 17.5 Å². The van der Waals surface area contributed by atoms with Gasteiger partial charge in [-0.15, -0.1) is 0 Å². The molecule has 2 heterocycles. The van der Waals surface area contributed by atoms with Gasteiger partial charge in [0, 0.05) is 18.8 Å². The molecule has 0 aliphatic carbocycles. The van der Waals surface area contributed by atoms with Crippen LogP contribution in [-0.4, -0.2) is 22.9 Å². The van der Waals surface area contributed by atoms with Gasteiger partial charge in [0.2, 0.25) is 0 Å². The highest BCUT2D eigenvalue weighted by molar-refractivity contribution is 5.21. The summed E-state index contributed by atoms with van der Waals surface area (Å²) in [7, 11) is 1.52. The summed E-state index contributed by atoms with van der Waals surface area (Å²) in [6, 6.07) is 0. The maximum absolute atomic E-state index is 12.6. The Labute approximate surface area is 91.6 Å². The summed E-state index contributed by atoms with van der Waals surface area (Å²) in [4.78, 5) is 0. The fraction of sp³-hybridized carbons (Fsp3) is 0.700. The van der Waals surface area contributed by atoms with E-state index < -0.39 is 11.9 Å². The molecule has 0 aromatic carbocycles. The number of aryl methyl sites for hydroxylation is 1. The zero-order chi connectivity index (χ0) is 11.8. The van der Waals surface area contributed by atoms with Gasteiger partial charge in [0.1, 0.15) is 0 Å². The fourth-order valence-electron chi connectivity index (χ4n) is 2.13. The minimum absolute atomic E-state index is 0.297. The highest BCUT2D eigenvalue weighted by Crippen LogP contribution is 2.32. The van der Waals surface area contributed by atoms with E-state index in [2.05, 4.69) is 10.4 Å². The first-order chi connectivity index (χ1) is 7.47.